The molecule has 2 N–H and O–H groups in total. The van der Waals surface area contributed by atoms with Crippen LogP contribution in [0.1, 0.15) is 38.8 Å². The van der Waals surface area contributed by atoms with E-state index >= 15 is 0 Å². The summed E-state index contributed by atoms with van der Waals surface area (Å²) in [7, 11) is 0.191. The van der Waals surface area contributed by atoms with E-state index in [0.29, 0.717) is 54.2 Å². The minimum atomic E-state index is -1.31. The molecule has 1 aromatic heterocycles. The van der Waals surface area contributed by atoms with Gasteiger partial charge in [0.2, 0.25) is 0 Å². The van der Waals surface area contributed by atoms with Gasteiger partial charge in [0.1, 0.15) is 36.1 Å². The first-order valence-electron chi connectivity index (χ1n) is 15.2. The standard InChI is InChI=1S/C35H41FN6O3Si/c1-25-19-28(36)12-13-29(25)33(22-38)41(23-26-9-7-6-8-10-26)16-15-39-40-35(43)32-20-30-31(14-11-27(21-37)34(30)44-2)42(32)24-45-17-18-46(3,4)5/h6-14,19-20,33,39H,15-18,23-24H2,1-5H3,(H,40,43). The maximum atomic E-state index is 13.9. The van der Waals surface area contributed by atoms with Crippen LogP contribution in [-0.4, -0.2) is 50.3 Å². The summed E-state index contributed by atoms with van der Waals surface area (Å²) < 4.78 is 27.2. The lowest BCUT2D eigenvalue weighted by atomic mass is 10.00. The van der Waals surface area contributed by atoms with Crippen molar-refractivity contribution in [3.8, 4) is 17.9 Å². The van der Waals surface area contributed by atoms with Crippen molar-refractivity contribution in [1.82, 2.24) is 20.3 Å². The van der Waals surface area contributed by atoms with E-state index in [9.17, 15) is 19.7 Å². The Kier molecular flexibility index (Phi) is 11.7. The van der Waals surface area contributed by atoms with E-state index in [4.69, 9.17) is 9.47 Å². The monoisotopic (exact) mass is 640 g/mol. The lowest BCUT2D eigenvalue weighted by Crippen LogP contribution is -2.43. The predicted octanol–water partition coefficient (Wildman–Crippen LogP) is 6.28. The van der Waals surface area contributed by atoms with E-state index in [-0.39, 0.29) is 18.5 Å². The average Bonchev–Trinajstić information content (AvgIpc) is 3.40. The molecule has 1 amide bonds. The molecule has 0 saturated heterocycles. The van der Waals surface area contributed by atoms with Crippen LogP contribution in [0.15, 0.2) is 66.7 Å². The number of rotatable bonds is 15. The number of hydrogen-bond donors (Lipinski definition) is 2. The van der Waals surface area contributed by atoms with Crippen LogP contribution in [0.25, 0.3) is 10.9 Å². The largest absolute Gasteiger partial charge is 0.495 e. The van der Waals surface area contributed by atoms with Gasteiger partial charge in [-0.15, -0.1) is 0 Å². The number of ether oxygens (including phenoxy) is 2. The van der Waals surface area contributed by atoms with Crippen LogP contribution >= 0.6 is 0 Å². The van der Waals surface area contributed by atoms with E-state index in [1.807, 2.05) is 35.2 Å². The number of amides is 1. The molecule has 11 heteroatoms. The molecule has 0 aliphatic rings. The number of methoxy groups -OCH3 is 1. The minimum Gasteiger partial charge on any atom is -0.495 e. The van der Waals surface area contributed by atoms with E-state index in [1.165, 1.54) is 19.2 Å². The number of benzene rings is 3. The second kappa shape index (κ2) is 15.7. The van der Waals surface area contributed by atoms with Crippen molar-refractivity contribution in [2.24, 2.45) is 0 Å². The van der Waals surface area contributed by atoms with E-state index in [0.717, 1.165) is 22.7 Å². The van der Waals surface area contributed by atoms with Gasteiger partial charge in [0.25, 0.3) is 5.91 Å². The van der Waals surface area contributed by atoms with Crippen molar-refractivity contribution < 1.29 is 18.7 Å². The van der Waals surface area contributed by atoms with Crippen LogP contribution in [0.3, 0.4) is 0 Å². The van der Waals surface area contributed by atoms with Crippen LogP contribution in [-0.2, 0) is 18.0 Å². The molecule has 9 nitrogen and oxygen atoms in total. The summed E-state index contributed by atoms with van der Waals surface area (Å²) in [5.74, 6) is -0.332. The average molecular weight is 641 g/mol. The third-order valence-corrected chi connectivity index (χ3v) is 9.48. The number of nitriles is 2. The number of nitrogens with one attached hydrogen (secondary N) is 2. The fourth-order valence-corrected chi connectivity index (χ4v) is 6.05. The summed E-state index contributed by atoms with van der Waals surface area (Å²) in [6.45, 7) is 10.6. The Morgan fingerprint density at radius 1 is 1.09 bits per heavy atom. The number of aryl methyl sites for hydroxylation is 1. The zero-order valence-corrected chi connectivity index (χ0v) is 28.1. The molecule has 3 aromatic carbocycles. The molecule has 0 aliphatic carbocycles. The minimum absolute atomic E-state index is 0.164. The first kappa shape index (κ1) is 34.4. The number of aromatic nitrogens is 1. The van der Waals surface area contributed by atoms with E-state index in [1.54, 1.807) is 35.8 Å². The second-order valence-electron chi connectivity index (χ2n) is 12.4. The highest BCUT2D eigenvalue weighted by molar-refractivity contribution is 6.76. The van der Waals surface area contributed by atoms with Crippen molar-refractivity contribution in [1.29, 1.82) is 10.5 Å². The molecule has 0 bridgehead atoms. The number of hydrazine groups is 1. The molecule has 46 heavy (non-hydrogen) atoms. The molecule has 0 saturated carbocycles. The maximum absolute atomic E-state index is 13.9. The first-order chi connectivity index (χ1) is 22.1. The molecular weight excluding hydrogens is 600 g/mol. The Morgan fingerprint density at radius 2 is 1.85 bits per heavy atom. The van der Waals surface area contributed by atoms with Crippen molar-refractivity contribution in [2.45, 2.75) is 51.9 Å². The van der Waals surface area contributed by atoms with Gasteiger partial charge in [-0.1, -0.05) is 56.0 Å². The second-order valence-corrected chi connectivity index (χ2v) is 18.0. The molecule has 4 rings (SSSR count). The van der Waals surface area contributed by atoms with Gasteiger partial charge in [-0.05, 0) is 60.0 Å². The summed E-state index contributed by atoms with van der Waals surface area (Å²) in [6.07, 6.45) is 0. The van der Waals surface area contributed by atoms with Crippen molar-refractivity contribution >= 4 is 24.9 Å². The summed E-state index contributed by atoms with van der Waals surface area (Å²) in [6, 6.07) is 24.3. The van der Waals surface area contributed by atoms with Gasteiger partial charge in [0.05, 0.1) is 24.3 Å². The van der Waals surface area contributed by atoms with Gasteiger partial charge < -0.3 is 14.0 Å². The molecule has 0 spiro atoms. The molecule has 240 valence electrons. The van der Waals surface area contributed by atoms with Crippen LogP contribution in [0.4, 0.5) is 4.39 Å². The van der Waals surface area contributed by atoms with Gasteiger partial charge in [0, 0.05) is 39.7 Å². The summed E-state index contributed by atoms with van der Waals surface area (Å²) in [5.41, 5.74) is 9.70. The normalized spacial score (nSPS) is 12.1. The quantitative estimate of drug-likeness (QED) is 0.0893. The van der Waals surface area contributed by atoms with E-state index in [2.05, 4.69) is 42.6 Å². The third kappa shape index (κ3) is 8.59. The maximum Gasteiger partial charge on any atom is 0.282 e. The Balaban J connectivity index is 1.52. The number of nitrogens with zero attached hydrogens (tertiary/aromatic N) is 4. The fourth-order valence-electron chi connectivity index (χ4n) is 5.30. The molecule has 1 atom stereocenters. The van der Waals surface area contributed by atoms with Gasteiger partial charge in [-0.3, -0.25) is 15.1 Å². The smallest absolute Gasteiger partial charge is 0.282 e. The number of carbonyl (C=O) groups is 1. The van der Waals surface area contributed by atoms with Crippen molar-refractivity contribution in [3.05, 3.63) is 100 Å². The zero-order valence-electron chi connectivity index (χ0n) is 27.1. The number of fused-ring (bicyclic) bond motifs is 1. The molecule has 0 radical (unpaired) electrons. The molecule has 1 heterocycles. The van der Waals surface area contributed by atoms with Crippen LogP contribution in [0.5, 0.6) is 5.75 Å². The Labute approximate surface area is 271 Å². The highest BCUT2D eigenvalue weighted by Gasteiger charge is 2.24. The Bertz CT molecular complexity index is 1740. The summed E-state index contributed by atoms with van der Waals surface area (Å²) >= 11 is 0. The lowest BCUT2D eigenvalue weighted by Gasteiger charge is -2.28. The third-order valence-electron chi connectivity index (χ3n) is 7.78. The summed E-state index contributed by atoms with van der Waals surface area (Å²) in [5, 5.41) is 20.4. The van der Waals surface area contributed by atoms with Gasteiger partial charge >= 0.3 is 0 Å². The molecule has 4 aromatic rings. The van der Waals surface area contributed by atoms with Crippen LogP contribution in [0, 0.1) is 35.4 Å². The number of halogens is 1. The van der Waals surface area contributed by atoms with E-state index < -0.39 is 14.1 Å². The van der Waals surface area contributed by atoms with Gasteiger partial charge in [-0.25, -0.2) is 9.82 Å². The Morgan fingerprint density at radius 3 is 2.50 bits per heavy atom. The van der Waals surface area contributed by atoms with Crippen LogP contribution < -0.4 is 15.6 Å². The summed E-state index contributed by atoms with van der Waals surface area (Å²) in [4.78, 5) is 15.5. The lowest BCUT2D eigenvalue weighted by molar-refractivity contribution is 0.0800. The van der Waals surface area contributed by atoms with Crippen molar-refractivity contribution in [2.75, 3.05) is 26.8 Å². The molecule has 0 aliphatic heterocycles. The zero-order chi connectivity index (χ0) is 33.3. The van der Waals surface area contributed by atoms with Crippen LogP contribution in [0.2, 0.25) is 25.7 Å². The topological polar surface area (TPSA) is 115 Å². The fraction of sp³-hybridized carbons (Fsp3) is 0.343. The molecule has 0 fully saturated rings. The SMILES string of the molecule is COc1c(C#N)ccc2c1cc(C(=O)NNCCN(Cc1ccccc1)C(C#N)c1ccc(F)cc1C)n2COCC[Si](C)(C)C. The number of carbonyl (C=O) groups excluding carboxylic acids is 1. The van der Waals surface area contributed by atoms with Crippen molar-refractivity contribution in [3.63, 3.8) is 0 Å². The van der Waals surface area contributed by atoms with Gasteiger partial charge in [-0.2, -0.15) is 10.5 Å². The highest BCUT2D eigenvalue weighted by atomic mass is 28.3. The molecule has 1 unspecified atom stereocenters. The number of hydrogen-bond acceptors (Lipinski definition) is 7. The first-order valence-corrected chi connectivity index (χ1v) is 18.9. The molecular formula is C35H41FN6O3Si. The Hall–Kier alpha value is -4.52. The highest BCUT2D eigenvalue weighted by Crippen LogP contribution is 2.32. The predicted molar refractivity (Wildman–Crippen MR) is 179 cm³/mol. The van der Waals surface area contributed by atoms with Gasteiger partial charge in [0.15, 0.2) is 0 Å².